The Balaban J connectivity index is 2.52. The first-order valence-corrected chi connectivity index (χ1v) is 8.07. The van der Waals surface area contributed by atoms with E-state index in [9.17, 15) is 0 Å². The molecular weight excluding hydrogens is 350 g/mol. The predicted octanol–water partition coefficient (Wildman–Crippen LogP) is 6.54. The standard InChI is InChI=1S/C16H14Cl4O/c1-6-5-16(21-4)8(3)7(2)9(6)10-11(16)13(18)15(20)14(19)12(10)17/h5,9H,1-4H3. The molecule has 0 aromatic heterocycles. The number of ether oxygens (including phenoxy) is 1. The molecule has 21 heavy (non-hydrogen) atoms. The molecule has 3 aliphatic carbocycles. The molecule has 0 radical (unpaired) electrons. The second-order valence-corrected chi connectivity index (χ2v) is 7.13. The molecule has 0 saturated heterocycles. The highest BCUT2D eigenvalue weighted by Gasteiger charge is 2.49. The van der Waals surface area contributed by atoms with Crippen molar-refractivity contribution in [2.45, 2.75) is 32.3 Å². The third-order valence-electron chi connectivity index (χ3n) is 4.75. The summed E-state index contributed by atoms with van der Waals surface area (Å²) in [7, 11) is 1.67. The van der Waals surface area contributed by atoms with Gasteiger partial charge in [0.25, 0.3) is 0 Å². The Bertz CT molecular complexity index is 733. The fourth-order valence-corrected chi connectivity index (χ4v) is 4.78. The van der Waals surface area contributed by atoms with E-state index in [1.165, 1.54) is 11.1 Å². The van der Waals surface area contributed by atoms with Crippen LogP contribution in [-0.2, 0) is 10.3 Å². The van der Waals surface area contributed by atoms with Gasteiger partial charge >= 0.3 is 0 Å². The van der Waals surface area contributed by atoms with Crippen LogP contribution >= 0.6 is 46.4 Å². The van der Waals surface area contributed by atoms with Crippen LogP contribution < -0.4 is 0 Å². The lowest BCUT2D eigenvalue weighted by atomic mass is 9.63. The van der Waals surface area contributed by atoms with Crippen molar-refractivity contribution in [3.63, 3.8) is 0 Å². The number of hydrogen-bond acceptors (Lipinski definition) is 1. The van der Waals surface area contributed by atoms with Crippen molar-refractivity contribution in [3.05, 3.63) is 54.0 Å². The Morgan fingerprint density at radius 2 is 1.52 bits per heavy atom. The van der Waals surface area contributed by atoms with Crippen LogP contribution in [-0.4, -0.2) is 7.11 Å². The fraction of sp³-hybridized carbons (Fsp3) is 0.375. The maximum atomic E-state index is 6.50. The molecule has 0 saturated carbocycles. The lowest BCUT2D eigenvalue weighted by molar-refractivity contribution is 0.0530. The zero-order valence-electron chi connectivity index (χ0n) is 12.1. The lowest BCUT2D eigenvalue weighted by Gasteiger charge is -2.47. The zero-order chi connectivity index (χ0) is 15.7. The highest BCUT2D eigenvalue weighted by atomic mass is 35.5. The summed E-state index contributed by atoms with van der Waals surface area (Å²) in [6.45, 7) is 6.23. The molecule has 2 bridgehead atoms. The van der Waals surface area contributed by atoms with Gasteiger partial charge in [-0.1, -0.05) is 57.5 Å². The van der Waals surface area contributed by atoms with Gasteiger partial charge in [-0.3, -0.25) is 0 Å². The topological polar surface area (TPSA) is 9.23 Å². The molecule has 2 unspecified atom stereocenters. The summed E-state index contributed by atoms with van der Waals surface area (Å²) in [5.74, 6) is 0.0804. The molecule has 0 aliphatic heterocycles. The Kier molecular flexibility index (Phi) is 3.67. The van der Waals surface area contributed by atoms with Crippen molar-refractivity contribution in [3.8, 4) is 0 Å². The van der Waals surface area contributed by atoms with Crippen LogP contribution in [0.25, 0.3) is 0 Å². The van der Waals surface area contributed by atoms with Gasteiger partial charge in [0, 0.05) is 18.6 Å². The summed E-state index contributed by atoms with van der Waals surface area (Å²) in [5.41, 5.74) is 4.56. The maximum Gasteiger partial charge on any atom is 0.134 e. The van der Waals surface area contributed by atoms with E-state index in [4.69, 9.17) is 51.1 Å². The maximum absolute atomic E-state index is 6.50. The van der Waals surface area contributed by atoms with Crippen molar-refractivity contribution in [2.75, 3.05) is 7.11 Å². The number of rotatable bonds is 1. The SMILES string of the molecule is COC12C=C(C)C(C(C)=C1C)c1c(Cl)c(Cl)c(Cl)c(Cl)c12. The highest BCUT2D eigenvalue weighted by Crippen LogP contribution is 2.61. The van der Waals surface area contributed by atoms with E-state index in [1.807, 2.05) is 0 Å². The monoisotopic (exact) mass is 362 g/mol. The smallest absolute Gasteiger partial charge is 0.134 e. The normalized spacial score (nSPS) is 27.0. The average Bonchev–Trinajstić information content (AvgIpc) is 2.46. The molecule has 1 aromatic carbocycles. The molecule has 0 N–H and O–H groups in total. The molecule has 1 aromatic rings. The third-order valence-corrected chi connectivity index (χ3v) is 6.57. The Morgan fingerprint density at radius 3 is 2.10 bits per heavy atom. The molecule has 2 atom stereocenters. The second kappa shape index (κ2) is 4.91. The Labute approximate surface area is 144 Å². The summed E-state index contributed by atoms with van der Waals surface area (Å²) in [4.78, 5) is 0. The van der Waals surface area contributed by atoms with Crippen molar-refractivity contribution < 1.29 is 4.74 Å². The van der Waals surface area contributed by atoms with Gasteiger partial charge in [0.2, 0.25) is 0 Å². The van der Waals surface area contributed by atoms with Gasteiger partial charge < -0.3 is 4.74 Å². The molecule has 1 nitrogen and oxygen atoms in total. The predicted molar refractivity (Wildman–Crippen MR) is 90.0 cm³/mol. The summed E-state index contributed by atoms with van der Waals surface area (Å²) >= 11 is 25.5. The largest absolute Gasteiger partial charge is 0.365 e. The minimum atomic E-state index is -0.715. The van der Waals surface area contributed by atoms with E-state index in [2.05, 4.69) is 26.8 Å². The van der Waals surface area contributed by atoms with Gasteiger partial charge in [-0.2, -0.15) is 0 Å². The number of halogens is 4. The summed E-state index contributed by atoms with van der Waals surface area (Å²) in [6, 6.07) is 0. The summed E-state index contributed by atoms with van der Waals surface area (Å²) < 4.78 is 5.90. The molecule has 0 heterocycles. The van der Waals surface area contributed by atoms with E-state index < -0.39 is 5.60 Å². The van der Waals surface area contributed by atoms with Gasteiger partial charge in [-0.25, -0.2) is 0 Å². The van der Waals surface area contributed by atoms with Crippen LogP contribution in [0, 0.1) is 0 Å². The number of allylic oxidation sites excluding steroid dienone is 2. The van der Waals surface area contributed by atoms with Gasteiger partial charge in [-0.05, 0) is 38.0 Å². The fourth-order valence-electron chi connectivity index (χ4n) is 3.66. The first kappa shape index (κ1) is 15.7. The van der Waals surface area contributed by atoms with Crippen molar-refractivity contribution >= 4 is 46.4 Å². The number of methoxy groups -OCH3 is 1. The van der Waals surface area contributed by atoms with Crippen LogP contribution in [0.5, 0.6) is 0 Å². The zero-order valence-corrected chi connectivity index (χ0v) is 15.1. The van der Waals surface area contributed by atoms with Gasteiger partial charge in [0.15, 0.2) is 0 Å². The number of hydrogen-bond donors (Lipinski definition) is 0. The van der Waals surface area contributed by atoms with Gasteiger partial charge in [0.1, 0.15) is 5.60 Å². The summed E-state index contributed by atoms with van der Waals surface area (Å²) in [5, 5.41) is 1.47. The minimum Gasteiger partial charge on any atom is -0.365 e. The van der Waals surface area contributed by atoms with E-state index in [0.717, 1.165) is 16.7 Å². The molecule has 3 aliphatic rings. The van der Waals surface area contributed by atoms with Gasteiger partial charge in [0.05, 0.1) is 20.1 Å². The van der Waals surface area contributed by atoms with Crippen molar-refractivity contribution in [1.82, 2.24) is 0 Å². The Morgan fingerprint density at radius 1 is 0.952 bits per heavy atom. The first-order chi connectivity index (χ1) is 9.77. The highest BCUT2D eigenvalue weighted by molar-refractivity contribution is 6.52. The molecule has 0 amide bonds. The molecule has 4 rings (SSSR count). The van der Waals surface area contributed by atoms with Crippen LogP contribution in [0.4, 0.5) is 0 Å². The average molecular weight is 364 g/mol. The van der Waals surface area contributed by atoms with E-state index in [-0.39, 0.29) is 10.9 Å². The second-order valence-electron chi connectivity index (χ2n) is 5.61. The van der Waals surface area contributed by atoms with Crippen LogP contribution in [0.2, 0.25) is 20.1 Å². The molecule has 0 fully saturated rings. The molecular formula is C16H14Cl4O. The van der Waals surface area contributed by atoms with E-state index >= 15 is 0 Å². The minimum absolute atomic E-state index is 0.0804. The van der Waals surface area contributed by atoms with Crippen LogP contribution in [0.15, 0.2) is 22.8 Å². The van der Waals surface area contributed by atoms with E-state index in [0.29, 0.717) is 15.1 Å². The molecule has 5 heteroatoms. The summed E-state index contributed by atoms with van der Waals surface area (Å²) in [6.07, 6.45) is 2.11. The Hall–Kier alpha value is -0.180. The van der Waals surface area contributed by atoms with Gasteiger partial charge in [-0.15, -0.1) is 0 Å². The third kappa shape index (κ3) is 1.76. The van der Waals surface area contributed by atoms with Crippen LogP contribution in [0.3, 0.4) is 0 Å². The van der Waals surface area contributed by atoms with Crippen molar-refractivity contribution in [1.29, 1.82) is 0 Å². The quantitative estimate of drug-likeness (QED) is 0.313. The number of benzene rings is 1. The van der Waals surface area contributed by atoms with Crippen molar-refractivity contribution in [2.24, 2.45) is 0 Å². The van der Waals surface area contributed by atoms with E-state index in [1.54, 1.807) is 7.11 Å². The van der Waals surface area contributed by atoms with Crippen LogP contribution in [0.1, 0.15) is 37.8 Å². The first-order valence-electron chi connectivity index (χ1n) is 6.56. The molecule has 0 spiro atoms. The molecule has 112 valence electrons. The lowest BCUT2D eigenvalue weighted by Crippen LogP contribution is -2.39.